The maximum absolute atomic E-state index is 11.3. The third-order valence-electron chi connectivity index (χ3n) is 4.32. The summed E-state index contributed by atoms with van der Waals surface area (Å²) in [5.41, 5.74) is -0.325. The van der Waals surface area contributed by atoms with Crippen LogP contribution in [0.2, 0.25) is 0 Å². The van der Waals surface area contributed by atoms with Crippen LogP contribution in [-0.4, -0.2) is 23.8 Å². The van der Waals surface area contributed by atoms with Gasteiger partial charge in [0.05, 0.1) is 12.2 Å². The topological polar surface area (TPSA) is 35.5 Å². The Bertz CT molecular complexity index is 300. The lowest BCUT2D eigenvalue weighted by Gasteiger charge is -2.50. The summed E-state index contributed by atoms with van der Waals surface area (Å²) < 4.78 is 11.7. The minimum absolute atomic E-state index is 0.168. The minimum atomic E-state index is -0.325. The van der Waals surface area contributed by atoms with Crippen molar-refractivity contribution in [1.29, 1.82) is 0 Å². The van der Waals surface area contributed by atoms with Crippen LogP contribution < -0.4 is 0 Å². The molecule has 2 aliphatic rings. The highest BCUT2D eigenvalue weighted by Crippen LogP contribution is 2.45. The third kappa shape index (κ3) is 2.65. The molecule has 1 saturated heterocycles. The molecule has 0 bridgehead atoms. The van der Waals surface area contributed by atoms with Crippen molar-refractivity contribution in [2.24, 2.45) is 11.8 Å². The Morgan fingerprint density at radius 1 is 1.35 bits per heavy atom. The van der Waals surface area contributed by atoms with Gasteiger partial charge in [-0.25, -0.2) is 0 Å². The standard InChI is InChI=1S/C14H24O3/c1-9-5-6-12-13(7-9)16-10(2)8-14(12,4)17-11(3)15/h9-10,12-13H,5-8H2,1-4H3. The molecule has 1 heterocycles. The van der Waals surface area contributed by atoms with Gasteiger partial charge in [-0.1, -0.05) is 13.3 Å². The molecule has 0 amide bonds. The van der Waals surface area contributed by atoms with E-state index in [0.717, 1.165) is 25.2 Å². The second-order valence-corrected chi connectivity index (χ2v) is 6.12. The van der Waals surface area contributed by atoms with Crippen molar-refractivity contribution < 1.29 is 14.3 Å². The summed E-state index contributed by atoms with van der Waals surface area (Å²) in [6.07, 6.45) is 4.71. The summed E-state index contributed by atoms with van der Waals surface area (Å²) in [5.74, 6) is 0.931. The first-order chi connectivity index (χ1) is 7.90. The summed E-state index contributed by atoms with van der Waals surface area (Å²) in [5, 5.41) is 0. The van der Waals surface area contributed by atoms with Crippen molar-refractivity contribution >= 4 is 5.97 Å². The molecule has 1 aliphatic heterocycles. The van der Waals surface area contributed by atoms with E-state index in [9.17, 15) is 4.79 Å². The average Bonchev–Trinajstić information content (AvgIpc) is 2.13. The van der Waals surface area contributed by atoms with Crippen molar-refractivity contribution in [1.82, 2.24) is 0 Å². The van der Waals surface area contributed by atoms with Crippen LogP contribution in [0.3, 0.4) is 0 Å². The van der Waals surface area contributed by atoms with E-state index in [2.05, 4.69) is 20.8 Å². The van der Waals surface area contributed by atoms with E-state index >= 15 is 0 Å². The molecule has 1 aliphatic carbocycles. The van der Waals surface area contributed by atoms with E-state index in [4.69, 9.17) is 9.47 Å². The molecule has 0 spiro atoms. The minimum Gasteiger partial charge on any atom is -0.459 e. The fourth-order valence-corrected chi connectivity index (χ4v) is 3.69. The van der Waals surface area contributed by atoms with Gasteiger partial charge in [-0.2, -0.15) is 0 Å². The molecule has 5 atom stereocenters. The van der Waals surface area contributed by atoms with E-state index < -0.39 is 0 Å². The molecule has 0 radical (unpaired) electrons. The quantitative estimate of drug-likeness (QED) is 0.661. The van der Waals surface area contributed by atoms with Crippen molar-refractivity contribution in [3.63, 3.8) is 0 Å². The number of carbonyl (C=O) groups is 1. The van der Waals surface area contributed by atoms with Gasteiger partial charge in [0.1, 0.15) is 5.60 Å². The Kier molecular flexibility index (Phi) is 3.48. The highest BCUT2D eigenvalue weighted by Gasteiger charge is 2.49. The normalized spacial score (nSPS) is 46.1. The number of fused-ring (bicyclic) bond motifs is 1. The van der Waals surface area contributed by atoms with Gasteiger partial charge in [0.2, 0.25) is 0 Å². The van der Waals surface area contributed by atoms with Crippen molar-refractivity contribution in [2.75, 3.05) is 0 Å². The molecule has 1 saturated carbocycles. The van der Waals surface area contributed by atoms with Crippen LogP contribution in [0, 0.1) is 11.8 Å². The first-order valence-electron chi connectivity index (χ1n) is 6.76. The van der Waals surface area contributed by atoms with E-state index in [0.29, 0.717) is 5.92 Å². The van der Waals surface area contributed by atoms with Gasteiger partial charge in [0.25, 0.3) is 0 Å². The van der Waals surface area contributed by atoms with Gasteiger partial charge in [-0.3, -0.25) is 4.79 Å². The molecule has 5 unspecified atom stereocenters. The van der Waals surface area contributed by atoms with Gasteiger partial charge in [-0.05, 0) is 32.6 Å². The van der Waals surface area contributed by atoms with Crippen LogP contribution in [0.4, 0.5) is 0 Å². The van der Waals surface area contributed by atoms with Crippen LogP contribution in [-0.2, 0) is 14.3 Å². The van der Waals surface area contributed by atoms with Crippen LogP contribution in [0.25, 0.3) is 0 Å². The number of hydrogen-bond donors (Lipinski definition) is 0. The van der Waals surface area contributed by atoms with Crippen molar-refractivity contribution in [2.45, 2.75) is 71.2 Å². The number of rotatable bonds is 1. The zero-order chi connectivity index (χ0) is 12.6. The lowest BCUT2D eigenvalue weighted by Crippen LogP contribution is -2.55. The summed E-state index contributed by atoms with van der Waals surface area (Å²) in [6, 6.07) is 0. The van der Waals surface area contributed by atoms with Crippen molar-refractivity contribution in [3.05, 3.63) is 0 Å². The van der Waals surface area contributed by atoms with E-state index in [1.54, 1.807) is 0 Å². The average molecular weight is 240 g/mol. The largest absolute Gasteiger partial charge is 0.459 e. The highest BCUT2D eigenvalue weighted by molar-refractivity contribution is 5.66. The fourth-order valence-electron chi connectivity index (χ4n) is 3.69. The van der Waals surface area contributed by atoms with Crippen molar-refractivity contribution in [3.8, 4) is 0 Å². The SMILES string of the molecule is CC(=O)OC1(C)CC(C)OC2CC(C)CCC21. The van der Waals surface area contributed by atoms with E-state index in [1.165, 1.54) is 13.3 Å². The molecule has 0 aromatic carbocycles. The first kappa shape index (κ1) is 12.9. The Labute approximate surface area is 104 Å². The van der Waals surface area contributed by atoms with Crippen LogP contribution in [0.15, 0.2) is 0 Å². The second kappa shape index (κ2) is 4.60. The van der Waals surface area contributed by atoms with Gasteiger partial charge >= 0.3 is 5.97 Å². The Hall–Kier alpha value is -0.570. The molecule has 0 aromatic rings. The summed E-state index contributed by atoms with van der Waals surface area (Å²) in [6.45, 7) is 7.95. The predicted molar refractivity (Wildman–Crippen MR) is 65.6 cm³/mol. The maximum atomic E-state index is 11.3. The fraction of sp³-hybridized carbons (Fsp3) is 0.929. The molecule has 3 heteroatoms. The molecule has 17 heavy (non-hydrogen) atoms. The summed E-state index contributed by atoms with van der Waals surface area (Å²) in [4.78, 5) is 11.3. The Morgan fingerprint density at radius 3 is 2.71 bits per heavy atom. The zero-order valence-corrected chi connectivity index (χ0v) is 11.4. The number of carbonyl (C=O) groups excluding carboxylic acids is 1. The summed E-state index contributed by atoms with van der Waals surface area (Å²) >= 11 is 0. The summed E-state index contributed by atoms with van der Waals surface area (Å²) in [7, 11) is 0. The molecule has 2 rings (SSSR count). The Balaban J connectivity index is 2.16. The highest BCUT2D eigenvalue weighted by atomic mass is 16.6. The third-order valence-corrected chi connectivity index (χ3v) is 4.32. The Morgan fingerprint density at radius 2 is 2.06 bits per heavy atom. The second-order valence-electron chi connectivity index (χ2n) is 6.12. The van der Waals surface area contributed by atoms with Gasteiger partial charge in [-0.15, -0.1) is 0 Å². The number of esters is 1. The maximum Gasteiger partial charge on any atom is 0.303 e. The number of ether oxygens (including phenoxy) is 2. The first-order valence-corrected chi connectivity index (χ1v) is 6.76. The van der Waals surface area contributed by atoms with Crippen LogP contribution in [0.5, 0.6) is 0 Å². The van der Waals surface area contributed by atoms with E-state index in [1.807, 2.05) is 0 Å². The molecule has 3 nitrogen and oxygen atoms in total. The lowest BCUT2D eigenvalue weighted by atomic mass is 9.69. The predicted octanol–water partition coefficient (Wildman–Crippen LogP) is 2.92. The monoisotopic (exact) mass is 240 g/mol. The van der Waals surface area contributed by atoms with E-state index in [-0.39, 0.29) is 23.8 Å². The van der Waals surface area contributed by atoms with Gasteiger partial charge < -0.3 is 9.47 Å². The van der Waals surface area contributed by atoms with Gasteiger partial charge in [0, 0.05) is 19.3 Å². The van der Waals surface area contributed by atoms with Gasteiger partial charge in [0.15, 0.2) is 0 Å². The molecule has 0 aromatic heterocycles. The lowest BCUT2D eigenvalue weighted by molar-refractivity contribution is -0.212. The molecular formula is C14H24O3. The van der Waals surface area contributed by atoms with Crippen LogP contribution in [0.1, 0.15) is 53.4 Å². The number of hydrogen-bond acceptors (Lipinski definition) is 3. The molecular weight excluding hydrogens is 216 g/mol. The zero-order valence-electron chi connectivity index (χ0n) is 11.4. The molecule has 0 N–H and O–H groups in total. The molecule has 98 valence electrons. The molecule has 2 fully saturated rings. The van der Waals surface area contributed by atoms with Crippen LogP contribution >= 0.6 is 0 Å². The smallest absolute Gasteiger partial charge is 0.303 e.